The van der Waals surface area contributed by atoms with Crippen LogP contribution in [-0.2, 0) is 28.5 Å². The monoisotopic (exact) mass is 487 g/mol. The Morgan fingerprint density at radius 1 is 1.15 bits per heavy atom. The molecule has 3 saturated carbocycles. The van der Waals surface area contributed by atoms with E-state index in [-0.39, 0.29) is 25.0 Å². The number of carboxylic acids is 1. The Morgan fingerprint density at radius 2 is 1.82 bits per heavy atom. The van der Waals surface area contributed by atoms with E-state index in [0.717, 1.165) is 19.3 Å². The molecule has 194 valence electrons. The van der Waals surface area contributed by atoms with E-state index in [1.807, 2.05) is 6.92 Å². The number of aliphatic carboxylic acids is 1. The number of alkyl halides is 1. The van der Waals surface area contributed by atoms with Gasteiger partial charge in [0.15, 0.2) is 0 Å². The number of rotatable bonds is 9. The third-order valence-corrected chi connectivity index (χ3v) is 7.75. The number of esters is 1. The van der Waals surface area contributed by atoms with E-state index in [9.17, 15) is 23.9 Å². The quantitative estimate of drug-likeness (QED) is 0.370. The lowest BCUT2D eigenvalue weighted by atomic mass is 9.75. The van der Waals surface area contributed by atoms with Crippen LogP contribution in [0.3, 0.4) is 0 Å². The van der Waals surface area contributed by atoms with Crippen molar-refractivity contribution in [3.63, 3.8) is 0 Å². The van der Waals surface area contributed by atoms with E-state index < -0.39 is 53.5 Å². The second kappa shape index (κ2) is 9.97. The van der Waals surface area contributed by atoms with Crippen LogP contribution in [0.4, 0.5) is 9.18 Å². The molecule has 0 aromatic rings. The molecular formula is C24H38FNO8. The van der Waals surface area contributed by atoms with Gasteiger partial charge in [-0.25, -0.2) is 18.8 Å². The Labute approximate surface area is 199 Å². The number of halogens is 1. The zero-order valence-electron chi connectivity index (χ0n) is 20.6. The van der Waals surface area contributed by atoms with Gasteiger partial charge < -0.3 is 29.8 Å². The van der Waals surface area contributed by atoms with Crippen LogP contribution < -0.4 is 5.73 Å². The maximum Gasteiger partial charge on any atom is 0.511 e. The van der Waals surface area contributed by atoms with Crippen LogP contribution in [-0.4, -0.2) is 59.5 Å². The molecule has 0 spiro atoms. The van der Waals surface area contributed by atoms with Crippen LogP contribution in [0, 0.1) is 29.6 Å². The maximum atomic E-state index is 15.0. The Hall–Kier alpha value is -1.94. The minimum atomic E-state index is -2.60. The predicted molar refractivity (Wildman–Crippen MR) is 118 cm³/mol. The second-order valence-corrected chi connectivity index (χ2v) is 10.5. The highest BCUT2D eigenvalue weighted by Crippen LogP contribution is 2.67. The van der Waals surface area contributed by atoms with Gasteiger partial charge in [0.25, 0.3) is 0 Å². The van der Waals surface area contributed by atoms with Crippen molar-refractivity contribution < 1.29 is 42.8 Å². The zero-order valence-corrected chi connectivity index (χ0v) is 20.6. The predicted octanol–water partition coefficient (Wildman–Crippen LogP) is 3.42. The average Bonchev–Trinajstić information content (AvgIpc) is 3.21. The van der Waals surface area contributed by atoms with Crippen molar-refractivity contribution in [2.75, 3.05) is 6.61 Å². The molecule has 3 N–H and O–H groups in total. The summed E-state index contributed by atoms with van der Waals surface area (Å²) < 4.78 is 36.6. The number of nitrogens with two attached hydrogens (primary N) is 1. The molecule has 10 heteroatoms. The van der Waals surface area contributed by atoms with Gasteiger partial charge in [0.05, 0.1) is 6.10 Å². The van der Waals surface area contributed by atoms with Gasteiger partial charge in [-0.3, -0.25) is 0 Å². The lowest BCUT2D eigenvalue weighted by Gasteiger charge is -2.36. The second-order valence-electron chi connectivity index (χ2n) is 10.5. The molecule has 3 rings (SSSR count). The molecule has 0 aromatic carbocycles. The smallest absolute Gasteiger partial charge is 0.479 e. The van der Waals surface area contributed by atoms with Crippen molar-refractivity contribution in [3.8, 4) is 0 Å². The third kappa shape index (κ3) is 4.76. The highest BCUT2D eigenvalue weighted by molar-refractivity contribution is 5.91. The van der Waals surface area contributed by atoms with Gasteiger partial charge in [-0.05, 0) is 43.4 Å². The number of carboxylic acid groups (broad SMARTS) is 1. The van der Waals surface area contributed by atoms with Crippen LogP contribution in [0.25, 0.3) is 0 Å². The molecule has 0 radical (unpaired) electrons. The van der Waals surface area contributed by atoms with E-state index >= 15 is 0 Å². The summed E-state index contributed by atoms with van der Waals surface area (Å²) in [6, 6.07) is 0. The fourth-order valence-corrected chi connectivity index (χ4v) is 5.87. The summed E-state index contributed by atoms with van der Waals surface area (Å²) >= 11 is 0. The van der Waals surface area contributed by atoms with Crippen LogP contribution in [0.15, 0.2) is 0 Å². The Balaban J connectivity index is 1.63. The van der Waals surface area contributed by atoms with Gasteiger partial charge in [0, 0.05) is 25.4 Å². The van der Waals surface area contributed by atoms with E-state index in [0.29, 0.717) is 18.3 Å². The molecule has 3 aliphatic carbocycles. The SMILES string of the molecule is CCCO[C@@H]1C[C@@H]2[C@H]([C@]1(N)C(=O)O[C@@H](C)OC(=O)OC1C[C@H](C)CCC1C(C)C)[C@@]2(F)C(=O)O. The number of fused-ring (bicyclic) bond motifs is 1. The molecule has 9 atom stereocenters. The first-order chi connectivity index (χ1) is 15.9. The van der Waals surface area contributed by atoms with Crippen molar-refractivity contribution in [3.05, 3.63) is 0 Å². The topological polar surface area (TPSA) is 134 Å². The summed E-state index contributed by atoms with van der Waals surface area (Å²) in [5, 5.41) is 9.32. The van der Waals surface area contributed by atoms with E-state index in [2.05, 4.69) is 20.8 Å². The maximum absolute atomic E-state index is 15.0. The third-order valence-electron chi connectivity index (χ3n) is 7.75. The van der Waals surface area contributed by atoms with Crippen molar-refractivity contribution in [1.29, 1.82) is 0 Å². The first kappa shape index (κ1) is 26.7. The molecule has 0 bridgehead atoms. The fraction of sp³-hybridized carbons (Fsp3) is 0.875. The number of hydrogen-bond acceptors (Lipinski definition) is 8. The van der Waals surface area contributed by atoms with E-state index in [1.165, 1.54) is 6.92 Å². The number of carbonyl (C=O) groups excluding carboxylic acids is 2. The van der Waals surface area contributed by atoms with Crippen LogP contribution in [0.5, 0.6) is 0 Å². The molecule has 0 amide bonds. The summed E-state index contributed by atoms with van der Waals surface area (Å²) in [5.74, 6) is -3.97. The largest absolute Gasteiger partial charge is 0.511 e. The Kier molecular flexibility index (Phi) is 7.82. The van der Waals surface area contributed by atoms with Crippen LogP contribution in [0.1, 0.15) is 66.7 Å². The fourth-order valence-electron chi connectivity index (χ4n) is 5.87. The molecule has 3 fully saturated rings. The van der Waals surface area contributed by atoms with Gasteiger partial charge in [0.1, 0.15) is 11.6 Å². The molecule has 0 heterocycles. The minimum absolute atomic E-state index is 0.00714. The lowest BCUT2D eigenvalue weighted by molar-refractivity contribution is -0.183. The highest BCUT2D eigenvalue weighted by Gasteiger charge is 2.85. The standard InChI is InChI=1S/C24H38FNO8/c1-6-9-31-18-11-16-19(23(16,25)20(27)28)24(18,26)21(29)32-14(5)33-22(30)34-17-10-13(4)7-8-15(17)12(2)3/h12-19H,6-11,26H2,1-5H3,(H,27,28)/t13-,14-,15?,16-,17?,18-,19+,23-,24+/m1/s1. The van der Waals surface area contributed by atoms with Gasteiger partial charge in [-0.2, -0.15) is 0 Å². The summed E-state index contributed by atoms with van der Waals surface area (Å²) in [7, 11) is 0. The summed E-state index contributed by atoms with van der Waals surface area (Å²) in [6.07, 6.45) is -0.132. The van der Waals surface area contributed by atoms with Gasteiger partial charge in [-0.1, -0.05) is 34.1 Å². The molecular weight excluding hydrogens is 449 g/mol. The Morgan fingerprint density at radius 3 is 2.41 bits per heavy atom. The van der Waals surface area contributed by atoms with Crippen LogP contribution >= 0.6 is 0 Å². The van der Waals surface area contributed by atoms with Crippen molar-refractivity contribution in [2.45, 2.75) is 96.4 Å². The molecule has 3 aliphatic rings. The normalized spacial score (nSPS) is 39.8. The average molecular weight is 488 g/mol. The number of hydrogen-bond donors (Lipinski definition) is 2. The first-order valence-corrected chi connectivity index (χ1v) is 12.3. The first-order valence-electron chi connectivity index (χ1n) is 12.3. The van der Waals surface area contributed by atoms with E-state index in [4.69, 9.17) is 24.7 Å². The Bertz CT molecular complexity index is 793. The lowest BCUT2D eigenvalue weighted by Crippen LogP contribution is -2.61. The van der Waals surface area contributed by atoms with Crippen LogP contribution in [0.2, 0.25) is 0 Å². The molecule has 2 unspecified atom stereocenters. The molecule has 0 aliphatic heterocycles. The van der Waals surface area contributed by atoms with Gasteiger partial charge in [0.2, 0.25) is 12.0 Å². The summed E-state index contributed by atoms with van der Waals surface area (Å²) in [6.45, 7) is 9.74. The van der Waals surface area contributed by atoms with Gasteiger partial charge in [-0.15, -0.1) is 0 Å². The van der Waals surface area contributed by atoms with E-state index in [1.54, 1.807) is 0 Å². The molecule has 0 aromatic heterocycles. The van der Waals surface area contributed by atoms with Crippen molar-refractivity contribution in [1.82, 2.24) is 0 Å². The van der Waals surface area contributed by atoms with Crippen molar-refractivity contribution >= 4 is 18.1 Å². The highest BCUT2D eigenvalue weighted by atomic mass is 19.1. The minimum Gasteiger partial charge on any atom is -0.479 e. The summed E-state index contributed by atoms with van der Waals surface area (Å²) in [5.41, 5.74) is 1.70. The number of carbonyl (C=O) groups is 3. The zero-order chi connectivity index (χ0) is 25.4. The summed E-state index contributed by atoms with van der Waals surface area (Å²) in [4.78, 5) is 36.9. The molecule has 34 heavy (non-hydrogen) atoms. The number of ether oxygens (including phenoxy) is 4. The molecule has 0 saturated heterocycles. The molecule has 9 nitrogen and oxygen atoms in total. The van der Waals surface area contributed by atoms with Crippen molar-refractivity contribution in [2.24, 2.45) is 35.3 Å². The van der Waals surface area contributed by atoms with Gasteiger partial charge >= 0.3 is 18.1 Å².